The molecule has 1 unspecified atom stereocenters. The van der Waals surface area contributed by atoms with Crippen molar-refractivity contribution in [3.63, 3.8) is 0 Å². The van der Waals surface area contributed by atoms with E-state index in [0.717, 1.165) is 6.07 Å². The van der Waals surface area contributed by atoms with Gasteiger partial charge in [-0.3, -0.25) is 4.79 Å². The Labute approximate surface area is 84.3 Å². The first-order valence-electron chi connectivity index (χ1n) is 3.64. The summed E-state index contributed by atoms with van der Waals surface area (Å²) in [6, 6.07) is 0.944. The minimum Gasteiger partial charge on any atom is -0.504 e. The van der Waals surface area contributed by atoms with Crippen molar-refractivity contribution < 1.29 is 20.1 Å². The molecule has 1 rings (SSSR count). The molecule has 0 saturated carbocycles. The Hall–Kier alpha value is -1.46. The SMILES string of the molecule is NC(C(=O)O)c1c(Cl)ccc(O)c1O. The van der Waals surface area contributed by atoms with E-state index in [1.807, 2.05) is 0 Å². The normalized spacial score (nSPS) is 12.4. The number of phenols is 2. The molecular weight excluding hydrogens is 210 g/mol. The van der Waals surface area contributed by atoms with E-state index in [1.165, 1.54) is 6.07 Å². The minimum atomic E-state index is -1.46. The molecule has 1 aromatic rings. The minimum absolute atomic E-state index is 0.00444. The first-order chi connectivity index (χ1) is 6.45. The van der Waals surface area contributed by atoms with Crippen LogP contribution in [0.1, 0.15) is 11.6 Å². The van der Waals surface area contributed by atoms with Crippen molar-refractivity contribution in [2.45, 2.75) is 6.04 Å². The van der Waals surface area contributed by atoms with Crippen LogP contribution in [0.15, 0.2) is 12.1 Å². The third kappa shape index (κ3) is 1.73. The molecule has 0 fully saturated rings. The standard InChI is InChI=1S/C8H8ClNO4/c9-3-1-2-4(11)7(12)5(3)6(10)8(13)14/h1-2,6,11-12H,10H2,(H,13,14). The zero-order valence-electron chi connectivity index (χ0n) is 6.94. The molecule has 5 nitrogen and oxygen atoms in total. The van der Waals surface area contributed by atoms with E-state index in [-0.39, 0.29) is 10.6 Å². The van der Waals surface area contributed by atoms with E-state index in [9.17, 15) is 9.90 Å². The fourth-order valence-electron chi connectivity index (χ4n) is 0.991. The lowest BCUT2D eigenvalue weighted by atomic mass is 10.1. The third-order valence-electron chi connectivity index (χ3n) is 1.72. The van der Waals surface area contributed by atoms with Crippen LogP contribution in [-0.2, 0) is 4.79 Å². The van der Waals surface area contributed by atoms with Crippen molar-refractivity contribution in [1.82, 2.24) is 0 Å². The maximum Gasteiger partial charge on any atom is 0.325 e. The second kappa shape index (κ2) is 3.73. The second-order valence-electron chi connectivity index (χ2n) is 2.64. The fourth-order valence-corrected chi connectivity index (χ4v) is 1.26. The predicted octanol–water partition coefficient (Wildman–Crippen LogP) is 0.836. The number of benzene rings is 1. The van der Waals surface area contributed by atoms with Gasteiger partial charge in [-0.1, -0.05) is 11.6 Å². The molecule has 0 radical (unpaired) electrons. The molecule has 76 valence electrons. The van der Waals surface area contributed by atoms with Gasteiger partial charge in [-0.25, -0.2) is 0 Å². The number of phenolic OH excluding ortho intramolecular Hbond substituents is 2. The van der Waals surface area contributed by atoms with Crippen LogP contribution in [0.3, 0.4) is 0 Å². The summed E-state index contributed by atoms with van der Waals surface area (Å²) in [5.41, 5.74) is 5.06. The van der Waals surface area contributed by atoms with E-state index >= 15 is 0 Å². The van der Waals surface area contributed by atoms with E-state index in [4.69, 9.17) is 27.5 Å². The Bertz CT molecular complexity index is 380. The Morgan fingerprint density at radius 1 is 1.43 bits per heavy atom. The lowest BCUT2D eigenvalue weighted by molar-refractivity contribution is -0.138. The lowest BCUT2D eigenvalue weighted by Crippen LogP contribution is -2.21. The zero-order valence-corrected chi connectivity index (χ0v) is 7.69. The van der Waals surface area contributed by atoms with Gasteiger partial charge < -0.3 is 21.1 Å². The molecule has 5 N–H and O–H groups in total. The molecule has 0 aromatic heterocycles. The van der Waals surface area contributed by atoms with Gasteiger partial charge in [-0.05, 0) is 12.1 Å². The number of aromatic hydroxyl groups is 2. The quantitative estimate of drug-likeness (QED) is 0.550. The van der Waals surface area contributed by atoms with Gasteiger partial charge in [0.1, 0.15) is 6.04 Å². The molecular formula is C8H8ClNO4. The molecule has 0 heterocycles. The fraction of sp³-hybridized carbons (Fsp3) is 0.125. The van der Waals surface area contributed by atoms with Gasteiger partial charge >= 0.3 is 5.97 Å². The third-order valence-corrected chi connectivity index (χ3v) is 2.05. The number of carbonyl (C=O) groups is 1. The maximum atomic E-state index is 10.5. The summed E-state index contributed by atoms with van der Waals surface area (Å²) in [7, 11) is 0. The lowest BCUT2D eigenvalue weighted by Gasteiger charge is -2.11. The van der Waals surface area contributed by atoms with Gasteiger partial charge in [-0.2, -0.15) is 0 Å². The molecule has 0 amide bonds. The summed E-state index contributed by atoms with van der Waals surface area (Å²) in [6.07, 6.45) is 0. The monoisotopic (exact) mass is 217 g/mol. The van der Waals surface area contributed by atoms with Crippen molar-refractivity contribution >= 4 is 17.6 Å². The van der Waals surface area contributed by atoms with Crippen molar-refractivity contribution in [3.05, 3.63) is 22.7 Å². The van der Waals surface area contributed by atoms with Crippen LogP contribution in [0.5, 0.6) is 11.5 Å². The zero-order chi connectivity index (χ0) is 10.9. The molecule has 0 aliphatic heterocycles. The topological polar surface area (TPSA) is 104 Å². The average Bonchev–Trinajstić information content (AvgIpc) is 2.12. The Kier molecular flexibility index (Phi) is 2.83. The highest BCUT2D eigenvalue weighted by atomic mass is 35.5. The van der Waals surface area contributed by atoms with Gasteiger partial charge in [0.05, 0.1) is 0 Å². The highest BCUT2D eigenvalue weighted by Gasteiger charge is 2.23. The Morgan fingerprint density at radius 3 is 2.50 bits per heavy atom. The molecule has 0 bridgehead atoms. The number of aliphatic carboxylic acids is 1. The largest absolute Gasteiger partial charge is 0.504 e. The predicted molar refractivity (Wildman–Crippen MR) is 49.3 cm³/mol. The molecule has 0 aliphatic carbocycles. The summed E-state index contributed by atoms with van der Waals surface area (Å²) >= 11 is 5.63. The number of hydrogen-bond acceptors (Lipinski definition) is 4. The molecule has 1 aromatic carbocycles. The summed E-state index contributed by atoms with van der Waals surface area (Å²) in [5, 5.41) is 27.0. The first-order valence-corrected chi connectivity index (χ1v) is 4.01. The Morgan fingerprint density at radius 2 is 2.00 bits per heavy atom. The van der Waals surface area contributed by atoms with Crippen molar-refractivity contribution in [2.75, 3.05) is 0 Å². The van der Waals surface area contributed by atoms with Crippen LogP contribution in [0.2, 0.25) is 5.02 Å². The molecule has 0 aliphatic rings. The van der Waals surface area contributed by atoms with E-state index < -0.39 is 23.5 Å². The van der Waals surface area contributed by atoms with Crippen LogP contribution in [0.25, 0.3) is 0 Å². The van der Waals surface area contributed by atoms with Crippen LogP contribution in [-0.4, -0.2) is 21.3 Å². The summed E-state index contributed by atoms with van der Waals surface area (Å²) in [4.78, 5) is 10.5. The van der Waals surface area contributed by atoms with Crippen LogP contribution in [0, 0.1) is 0 Å². The highest BCUT2D eigenvalue weighted by Crippen LogP contribution is 2.37. The van der Waals surface area contributed by atoms with E-state index in [1.54, 1.807) is 0 Å². The van der Waals surface area contributed by atoms with Crippen LogP contribution < -0.4 is 5.73 Å². The van der Waals surface area contributed by atoms with Gasteiger partial charge in [0.15, 0.2) is 11.5 Å². The highest BCUT2D eigenvalue weighted by molar-refractivity contribution is 6.32. The molecule has 0 spiro atoms. The second-order valence-corrected chi connectivity index (χ2v) is 3.05. The van der Waals surface area contributed by atoms with Gasteiger partial charge in [0.2, 0.25) is 0 Å². The van der Waals surface area contributed by atoms with Crippen LogP contribution >= 0.6 is 11.6 Å². The number of nitrogens with two attached hydrogens (primary N) is 1. The molecule has 1 atom stereocenters. The smallest absolute Gasteiger partial charge is 0.325 e. The molecule has 14 heavy (non-hydrogen) atoms. The molecule has 0 saturated heterocycles. The van der Waals surface area contributed by atoms with Crippen LogP contribution in [0.4, 0.5) is 0 Å². The molecule has 6 heteroatoms. The van der Waals surface area contributed by atoms with Gasteiger partial charge in [0.25, 0.3) is 0 Å². The summed E-state index contributed by atoms with van der Waals surface area (Å²) in [5.74, 6) is -2.40. The van der Waals surface area contributed by atoms with Gasteiger partial charge in [0, 0.05) is 10.6 Å². The number of halogens is 1. The average molecular weight is 218 g/mol. The van der Waals surface area contributed by atoms with Crippen molar-refractivity contribution in [2.24, 2.45) is 5.73 Å². The first kappa shape index (κ1) is 10.6. The van der Waals surface area contributed by atoms with Crippen molar-refractivity contribution in [3.8, 4) is 11.5 Å². The van der Waals surface area contributed by atoms with Crippen molar-refractivity contribution in [1.29, 1.82) is 0 Å². The number of rotatable bonds is 2. The van der Waals surface area contributed by atoms with E-state index in [2.05, 4.69) is 0 Å². The maximum absolute atomic E-state index is 10.5. The van der Waals surface area contributed by atoms with E-state index in [0.29, 0.717) is 0 Å². The number of carboxylic acid groups (broad SMARTS) is 1. The summed E-state index contributed by atoms with van der Waals surface area (Å²) < 4.78 is 0. The number of carboxylic acids is 1. The summed E-state index contributed by atoms with van der Waals surface area (Å²) in [6.45, 7) is 0. The Balaban J connectivity index is 3.32. The number of hydrogen-bond donors (Lipinski definition) is 4. The van der Waals surface area contributed by atoms with Gasteiger partial charge in [-0.15, -0.1) is 0 Å².